The molecule has 0 fully saturated rings. The molecule has 0 saturated carbocycles. The van der Waals surface area contributed by atoms with Gasteiger partial charge in [0.2, 0.25) is 0 Å². The molecule has 4 atom stereocenters. The minimum Gasteiger partial charge on any atom is -0.404 e. The molecule has 0 aliphatic carbocycles. The fourth-order valence-corrected chi connectivity index (χ4v) is 4.04. The fourth-order valence-electron chi connectivity index (χ4n) is 4.04. The molecule has 0 amide bonds. The van der Waals surface area contributed by atoms with Crippen LogP contribution in [0.15, 0.2) is 57.3 Å². The summed E-state index contributed by atoms with van der Waals surface area (Å²) in [6.45, 7) is 17.9. The molecule has 212 valence electrons. The molecular formula is C31H52N6O. The summed E-state index contributed by atoms with van der Waals surface area (Å²) in [4.78, 5) is 12.0. The third kappa shape index (κ3) is 10.3. The molecule has 0 bridgehead atoms. The molecule has 1 unspecified atom stereocenters. The van der Waals surface area contributed by atoms with Gasteiger partial charge in [0.05, 0.1) is 17.7 Å². The van der Waals surface area contributed by atoms with Gasteiger partial charge in [-0.3, -0.25) is 4.90 Å². The van der Waals surface area contributed by atoms with E-state index in [9.17, 15) is 5.26 Å². The van der Waals surface area contributed by atoms with Gasteiger partial charge in [0, 0.05) is 30.8 Å². The highest BCUT2D eigenvalue weighted by Gasteiger charge is 2.28. The number of amidine groups is 1. The van der Waals surface area contributed by atoms with Gasteiger partial charge in [0.1, 0.15) is 11.9 Å². The van der Waals surface area contributed by atoms with Crippen LogP contribution in [0.2, 0.25) is 0 Å². The Hall–Kier alpha value is -2.53. The molecule has 0 saturated heterocycles. The van der Waals surface area contributed by atoms with Crippen molar-refractivity contribution in [3.8, 4) is 6.07 Å². The Labute approximate surface area is 232 Å². The molecule has 7 heteroatoms. The van der Waals surface area contributed by atoms with Gasteiger partial charge in [-0.05, 0) is 90.2 Å². The molecule has 7 nitrogen and oxygen atoms in total. The van der Waals surface area contributed by atoms with E-state index < -0.39 is 0 Å². The van der Waals surface area contributed by atoms with Crippen LogP contribution in [0.1, 0.15) is 74.7 Å². The third-order valence-electron chi connectivity index (χ3n) is 7.49. The van der Waals surface area contributed by atoms with Gasteiger partial charge in [-0.25, -0.2) is 9.98 Å². The molecule has 0 spiro atoms. The average molecular weight is 525 g/mol. The van der Waals surface area contributed by atoms with Crippen LogP contribution in [-0.4, -0.2) is 55.3 Å². The third-order valence-corrected chi connectivity index (χ3v) is 7.49. The second-order valence-corrected chi connectivity index (χ2v) is 11.3. The quantitative estimate of drug-likeness (QED) is 0.264. The molecule has 1 aliphatic heterocycles. The standard InChI is InChI=1S/C31H52N6O/c1-10-11-12-13-14-23(4)30-35-20-28(38-16-15-31(7,8)21-34)24(5)29(36-30)27(19-33)17-26(18-32)25(6)37(9)22(2)3/h10-11,13-14,19-20,22-23,25-26,28H,12,15-17,21,33-34H2,1-9H3/b11-10+,14-13+,27-19-/t23-,25+,26?,28+/m0/s1. The van der Waals surface area contributed by atoms with Crippen molar-refractivity contribution in [2.24, 2.45) is 38.7 Å². The Balaban J connectivity index is 3.41. The minimum absolute atomic E-state index is 0.00283. The zero-order valence-corrected chi connectivity index (χ0v) is 25.2. The van der Waals surface area contributed by atoms with Crippen LogP contribution in [0.25, 0.3) is 0 Å². The zero-order chi connectivity index (χ0) is 28.9. The number of nitrogens with two attached hydrogens (primary N) is 2. The Morgan fingerprint density at radius 1 is 1.26 bits per heavy atom. The molecule has 0 aromatic rings. The maximum absolute atomic E-state index is 10.1. The number of nitriles is 1. The number of aliphatic imine (C=N–C) groups is 2. The molecule has 38 heavy (non-hydrogen) atoms. The van der Waals surface area contributed by atoms with Gasteiger partial charge in [-0.15, -0.1) is 0 Å². The molecule has 0 radical (unpaired) electrons. The van der Waals surface area contributed by atoms with Crippen LogP contribution in [-0.2, 0) is 4.74 Å². The second-order valence-electron chi connectivity index (χ2n) is 11.3. The van der Waals surface area contributed by atoms with Gasteiger partial charge in [0.25, 0.3) is 0 Å². The lowest BCUT2D eigenvalue weighted by Crippen LogP contribution is -2.39. The smallest absolute Gasteiger partial charge is 0.135 e. The van der Waals surface area contributed by atoms with Gasteiger partial charge in [-0.2, -0.15) is 5.26 Å². The first-order chi connectivity index (χ1) is 17.9. The molecule has 1 heterocycles. The number of ether oxygens (including phenoxy) is 1. The first-order valence-corrected chi connectivity index (χ1v) is 13.9. The van der Waals surface area contributed by atoms with Gasteiger partial charge in [-0.1, -0.05) is 45.1 Å². The predicted molar refractivity (Wildman–Crippen MR) is 162 cm³/mol. The van der Waals surface area contributed by atoms with Crippen molar-refractivity contribution in [3.63, 3.8) is 0 Å². The van der Waals surface area contributed by atoms with Crippen LogP contribution in [0.3, 0.4) is 0 Å². The zero-order valence-electron chi connectivity index (χ0n) is 25.2. The van der Waals surface area contributed by atoms with Crippen molar-refractivity contribution < 1.29 is 4.74 Å². The first-order valence-electron chi connectivity index (χ1n) is 13.9. The monoisotopic (exact) mass is 524 g/mol. The lowest BCUT2D eigenvalue weighted by molar-refractivity contribution is 0.0954. The van der Waals surface area contributed by atoms with E-state index in [1.165, 1.54) is 0 Å². The van der Waals surface area contributed by atoms with E-state index in [1.807, 2.05) is 26.1 Å². The van der Waals surface area contributed by atoms with Crippen molar-refractivity contribution in [1.29, 1.82) is 5.26 Å². The van der Waals surface area contributed by atoms with Crippen molar-refractivity contribution in [2.45, 2.75) is 92.8 Å². The molecular weight excluding hydrogens is 472 g/mol. The summed E-state index contributed by atoms with van der Waals surface area (Å²) >= 11 is 0. The molecule has 1 rings (SSSR count). The molecule has 1 aliphatic rings. The summed E-state index contributed by atoms with van der Waals surface area (Å²) < 4.78 is 6.32. The predicted octanol–water partition coefficient (Wildman–Crippen LogP) is 5.76. The average Bonchev–Trinajstić information content (AvgIpc) is 3.05. The Morgan fingerprint density at radius 3 is 2.50 bits per heavy atom. The van der Waals surface area contributed by atoms with Crippen LogP contribution >= 0.6 is 0 Å². The summed E-state index contributed by atoms with van der Waals surface area (Å²) in [5, 5.41) is 10.1. The Kier molecular flexibility index (Phi) is 14.5. The summed E-state index contributed by atoms with van der Waals surface area (Å²) in [6, 6.07) is 2.90. The maximum Gasteiger partial charge on any atom is 0.135 e. The first kappa shape index (κ1) is 33.5. The lowest BCUT2D eigenvalue weighted by Gasteiger charge is -2.32. The van der Waals surface area contributed by atoms with Gasteiger partial charge in [0.15, 0.2) is 0 Å². The fraction of sp³-hybridized carbons (Fsp3) is 0.645. The van der Waals surface area contributed by atoms with Gasteiger partial charge < -0.3 is 16.2 Å². The van der Waals surface area contributed by atoms with E-state index in [0.29, 0.717) is 31.4 Å². The minimum atomic E-state index is -0.342. The van der Waals surface area contributed by atoms with Gasteiger partial charge >= 0.3 is 0 Å². The summed E-state index contributed by atoms with van der Waals surface area (Å²) in [6.07, 6.45) is 13.7. The summed E-state index contributed by atoms with van der Waals surface area (Å²) in [5.74, 6) is 0.457. The van der Waals surface area contributed by atoms with E-state index >= 15 is 0 Å². The van der Waals surface area contributed by atoms with E-state index in [2.05, 4.69) is 77.8 Å². The van der Waals surface area contributed by atoms with E-state index in [4.69, 9.17) is 26.2 Å². The topological polar surface area (TPSA) is 113 Å². The Bertz CT molecular complexity index is 963. The van der Waals surface area contributed by atoms with Crippen molar-refractivity contribution >= 4 is 12.1 Å². The van der Waals surface area contributed by atoms with Crippen molar-refractivity contribution in [1.82, 2.24) is 4.90 Å². The number of hydrogen-bond acceptors (Lipinski definition) is 7. The van der Waals surface area contributed by atoms with E-state index in [-0.39, 0.29) is 29.4 Å². The highest BCUT2D eigenvalue weighted by Crippen LogP contribution is 2.30. The largest absolute Gasteiger partial charge is 0.404 e. The number of hydrogen-bond donors (Lipinski definition) is 2. The normalized spacial score (nSPS) is 19.8. The highest BCUT2D eigenvalue weighted by molar-refractivity contribution is 5.95. The molecule has 0 aromatic carbocycles. The van der Waals surface area contributed by atoms with Crippen molar-refractivity contribution in [2.75, 3.05) is 20.2 Å². The lowest BCUT2D eigenvalue weighted by atomic mass is 9.89. The Morgan fingerprint density at radius 2 is 1.95 bits per heavy atom. The molecule has 4 N–H and O–H groups in total. The number of nitrogens with zero attached hydrogens (tertiary/aromatic N) is 4. The van der Waals surface area contributed by atoms with E-state index in [1.54, 1.807) is 6.20 Å². The SMILES string of the molecule is C/C=C/C/C=C/[C@H](C)C1=NC(/C(=C\N)CC(C#N)[C@@H](C)N(C)C(C)C)=C(C)[C@H](OCCC(C)(C)CN)C=N1. The van der Waals surface area contributed by atoms with Crippen LogP contribution in [0.4, 0.5) is 0 Å². The van der Waals surface area contributed by atoms with Crippen molar-refractivity contribution in [3.05, 3.63) is 47.3 Å². The number of allylic oxidation sites excluding steroid dienone is 4. The van der Waals surface area contributed by atoms with Crippen LogP contribution < -0.4 is 11.5 Å². The van der Waals surface area contributed by atoms with Crippen LogP contribution in [0.5, 0.6) is 0 Å². The highest BCUT2D eigenvalue weighted by atomic mass is 16.5. The second kappa shape index (κ2) is 16.4. The summed E-state index contributed by atoms with van der Waals surface area (Å²) in [5.41, 5.74) is 14.7. The summed E-state index contributed by atoms with van der Waals surface area (Å²) in [7, 11) is 2.06. The van der Waals surface area contributed by atoms with Crippen LogP contribution in [0, 0.1) is 28.6 Å². The van der Waals surface area contributed by atoms with E-state index in [0.717, 1.165) is 29.7 Å². The molecule has 0 aromatic heterocycles. The maximum atomic E-state index is 10.1. The number of rotatable bonds is 15.